The number of carbonyl (C=O) groups excluding carboxylic acids is 1. The minimum Gasteiger partial charge on any atom is -0.485 e. The molecule has 1 saturated heterocycles. The molecule has 4 rings (SSSR count). The summed E-state index contributed by atoms with van der Waals surface area (Å²) in [6.07, 6.45) is 2.17. The van der Waals surface area contributed by atoms with Crippen molar-refractivity contribution in [2.75, 3.05) is 20.3 Å². The number of nitrogens with zero attached hydrogens (tertiary/aromatic N) is 2. The van der Waals surface area contributed by atoms with Crippen molar-refractivity contribution in [3.63, 3.8) is 0 Å². The number of nitrogens with two attached hydrogens (primary N) is 1. The number of halogens is 1. The van der Waals surface area contributed by atoms with Crippen LogP contribution in [0.2, 0.25) is 5.15 Å². The molecule has 1 unspecified atom stereocenters. The third-order valence-corrected chi connectivity index (χ3v) is 5.79. The summed E-state index contributed by atoms with van der Waals surface area (Å²) >= 11 is 6.04. The molecule has 2 aliphatic rings. The molecule has 1 spiro atoms. The van der Waals surface area contributed by atoms with Crippen molar-refractivity contribution in [2.24, 2.45) is 5.73 Å². The Morgan fingerprint density at radius 1 is 1.38 bits per heavy atom. The zero-order valence-electron chi connectivity index (χ0n) is 16.2. The molecule has 2 aromatic rings. The molecule has 0 saturated carbocycles. The van der Waals surface area contributed by atoms with E-state index in [1.54, 1.807) is 6.07 Å². The maximum Gasteiger partial charge on any atom is 0.236 e. The normalized spacial score (nSPS) is 23.2. The zero-order valence-corrected chi connectivity index (χ0v) is 16.9. The Labute approximate surface area is 174 Å². The number of carbonyl (C=O) groups is 1. The number of likely N-dealkylation sites (N-methyl/N-ethyl adjacent to an activating group) is 1. The summed E-state index contributed by atoms with van der Waals surface area (Å²) in [4.78, 5) is 18.7. The van der Waals surface area contributed by atoms with E-state index in [4.69, 9.17) is 32.2 Å². The summed E-state index contributed by atoms with van der Waals surface area (Å²) in [5.74, 6) is -0.357. The van der Waals surface area contributed by atoms with E-state index < -0.39 is 11.5 Å². The fourth-order valence-corrected chi connectivity index (χ4v) is 4.20. The fourth-order valence-electron chi connectivity index (χ4n) is 4.04. The SMILES string of the molecule is CN(C(=N)N)C(=O)C1C[C@]2(CCCOC2)Oc2ccc(-c3cccc(Cl)n3)cc21. The van der Waals surface area contributed by atoms with E-state index >= 15 is 0 Å². The van der Waals surface area contributed by atoms with Gasteiger partial charge in [-0.05, 0) is 43.2 Å². The molecular formula is C21H23ClN4O3. The van der Waals surface area contributed by atoms with Crippen molar-refractivity contribution >= 4 is 23.5 Å². The number of benzene rings is 1. The van der Waals surface area contributed by atoms with Gasteiger partial charge in [-0.1, -0.05) is 17.7 Å². The standard InChI is InChI=1S/C21H23ClN4O3/c1-26(20(23)24)19(27)15-11-21(8-3-9-28-12-21)29-17-7-6-13(10-14(15)17)16-4-2-5-18(22)25-16/h2,4-7,10,15H,3,8-9,11-12H2,1H3,(H3,23,24)/t15?,21-/m0/s1. The Kier molecular flexibility index (Phi) is 5.19. The van der Waals surface area contributed by atoms with Gasteiger partial charge in [0.2, 0.25) is 5.91 Å². The predicted octanol–water partition coefficient (Wildman–Crippen LogP) is 3.17. The van der Waals surface area contributed by atoms with Gasteiger partial charge in [0.15, 0.2) is 5.96 Å². The largest absolute Gasteiger partial charge is 0.485 e. The number of rotatable bonds is 2. The lowest BCUT2D eigenvalue weighted by molar-refractivity contribution is -0.133. The van der Waals surface area contributed by atoms with Crippen LogP contribution in [0.25, 0.3) is 11.3 Å². The van der Waals surface area contributed by atoms with E-state index in [1.807, 2.05) is 30.3 Å². The topological polar surface area (TPSA) is 102 Å². The van der Waals surface area contributed by atoms with Crippen LogP contribution >= 0.6 is 11.6 Å². The van der Waals surface area contributed by atoms with Crippen molar-refractivity contribution in [2.45, 2.75) is 30.8 Å². The first-order valence-electron chi connectivity index (χ1n) is 9.54. The molecule has 1 amide bonds. The Morgan fingerprint density at radius 2 is 2.21 bits per heavy atom. The monoisotopic (exact) mass is 414 g/mol. The fraction of sp³-hybridized carbons (Fsp3) is 0.381. The number of fused-ring (bicyclic) bond motifs is 1. The highest BCUT2D eigenvalue weighted by Gasteiger charge is 2.46. The van der Waals surface area contributed by atoms with Gasteiger partial charge in [-0.25, -0.2) is 4.98 Å². The number of ether oxygens (including phenoxy) is 2. The molecule has 8 heteroatoms. The molecule has 7 nitrogen and oxygen atoms in total. The van der Waals surface area contributed by atoms with Crippen LogP contribution in [0.1, 0.15) is 30.7 Å². The molecule has 3 heterocycles. The highest BCUT2D eigenvalue weighted by atomic mass is 35.5. The van der Waals surface area contributed by atoms with Crippen LogP contribution in [0.5, 0.6) is 5.75 Å². The maximum atomic E-state index is 13.2. The quantitative estimate of drug-likeness (QED) is 0.446. The average molecular weight is 415 g/mol. The first kappa shape index (κ1) is 19.7. The van der Waals surface area contributed by atoms with E-state index in [1.165, 1.54) is 11.9 Å². The van der Waals surface area contributed by atoms with Crippen LogP contribution in [-0.2, 0) is 9.53 Å². The van der Waals surface area contributed by atoms with Crippen LogP contribution in [0, 0.1) is 5.41 Å². The van der Waals surface area contributed by atoms with Gasteiger partial charge in [-0.15, -0.1) is 0 Å². The summed E-state index contributed by atoms with van der Waals surface area (Å²) in [5.41, 5.74) is 7.36. The lowest BCUT2D eigenvalue weighted by atomic mass is 9.78. The number of pyridine rings is 1. The van der Waals surface area contributed by atoms with Crippen molar-refractivity contribution in [3.8, 4) is 17.0 Å². The van der Waals surface area contributed by atoms with Gasteiger partial charge in [0.05, 0.1) is 18.2 Å². The van der Waals surface area contributed by atoms with Crippen LogP contribution in [0.4, 0.5) is 0 Å². The molecule has 152 valence electrons. The molecule has 0 bridgehead atoms. The smallest absolute Gasteiger partial charge is 0.236 e. The number of nitrogens with one attached hydrogen (secondary N) is 1. The number of amides is 1. The third-order valence-electron chi connectivity index (χ3n) is 5.57. The molecular weight excluding hydrogens is 392 g/mol. The highest BCUT2D eigenvalue weighted by Crippen LogP contribution is 2.46. The zero-order chi connectivity index (χ0) is 20.6. The lowest BCUT2D eigenvalue weighted by Gasteiger charge is -2.44. The predicted molar refractivity (Wildman–Crippen MR) is 110 cm³/mol. The van der Waals surface area contributed by atoms with Gasteiger partial charge in [0.1, 0.15) is 16.5 Å². The van der Waals surface area contributed by atoms with E-state index in [9.17, 15) is 4.79 Å². The Morgan fingerprint density at radius 3 is 2.90 bits per heavy atom. The van der Waals surface area contributed by atoms with Crippen molar-refractivity contribution in [3.05, 3.63) is 47.1 Å². The summed E-state index contributed by atoms with van der Waals surface area (Å²) in [6, 6.07) is 11.1. The van der Waals surface area contributed by atoms with Gasteiger partial charge >= 0.3 is 0 Å². The van der Waals surface area contributed by atoms with E-state index in [0.717, 1.165) is 24.0 Å². The summed E-state index contributed by atoms with van der Waals surface area (Å²) < 4.78 is 12.0. The van der Waals surface area contributed by atoms with E-state index in [-0.39, 0.29) is 11.9 Å². The van der Waals surface area contributed by atoms with E-state index in [2.05, 4.69) is 4.98 Å². The van der Waals surface area contributed by atoms with Gasteiger partial charge < -0.3 is 15.2 Å². The summed E-state index contributed by atoms with van der Waals surface area (Å²) in [7, 11) is 1.52. The molecule has 1 aromatic heterocycles. The first-order chi connectivity index (χ1) is 13.9. The number of aromatic nitrogens is 1. The Balaban J connectivity index is 1.78. The lowest BCUT2D eigenvalue weighted by Crippen LogP contribution is -2.51. The van der Waals surface area contributed by atoms with E-state index in [0.29, 0.717) is 36.2 Å². The average Bonchev–Trinajstić information content (AvgIpc) is 2.72. The molecule has 1 aromatic carbocycles. The summed E-state index contributed by atoms with van der Waals surface area (Å²) in [5, 5.41) is 8.07. The van der Waals surface area contributed by atoms with Gasteiger partial charge in [0.25, 0.3) is 0 Å². The molecule has 0 aliphatic carbocycles. The summed E-state index contributed by atoms with van der Waals surface area (Å²) in [6.45, 7) is 1.14. The van der Waals surface area contributed by atoms with Gasteiger partial charge in [0, 0.05) is 31.2 Å². The maximum absolute atomic E-state index is 13.2. The molecule has 2 atom stereocenters. The Hall–Kier alpha value is -2.64. The number of hydrogen-bond donors (Lipinski definition) is 2. The van der Waals surface area contributed by atoms with Crippen LogP contribution in [0.3, 0.4) is 0 Å². The second-order valence-electron chi connectivity index (χ2n) is 7.58. The molecule has 0 radical (unpaired) electrons. The van der Waals surface area contributed by atoms with Gasteiger partial charge in [-0.3, -0.25) is 15.1 Å². The van der Waals surface area contributed by atoms with Crippen LogP contribution < -0.4 is 10.5 Å². The molecule has 29 heavy (non-hydrogen) atoms. The minimum atomic E-state index is -0.543. The van der Waals surface area contributed by atoms with Crippen molar-refractivity contribution in [1.82, 2.24) is 9.88 Å². The highest BCUT2D eigenvalue weighted by molar-refractivity contribution is 6.29. The molecule has 2 aliphatic heterocycles. The number of guanidine groups is 1. The third kappa shape index (κ3) is 3.80. The first-order valence-corrected chi connectivity index (χ1v) is 9.92. The Bertz CT molecular complexity index is 959. The minimum absolute atomic E-state index is 0.233. The van der Waals surface area contributed by atoms with Crippen molar-refractivity contribution in [1.29, 1.82) is 5.41 Å². The second kappa shape index (κ2) is 7.65. The van der Waals surface area contributed by atoms with Crippen molar-refractivity contribution < 1.29 is 14.3 Å². The molecule has 3 N–H and O–H groups in total. The molecule has 1 fully saturated rings. The van der Waals surface area contributed by atoms with Crippen LogP contribution in [0.15, 0.2) is 36.4 Å². The van der Waals surface area contributed by atoms with Crippen LogP contribution in [-0.4, -0.2) is 47.6 Å². The second-order valence-corrected chi connectivity index (χ2v) is 7.97. The van der Waals surface area contributed by atoms with Gasteiger partial charge in [-0.2, -0.15) is 0 Å². The number of hydrogen-bond acceptors (Lipinski definition) is 5.